The summed E-state index contributed by atoms with van der Waals surface area (Å²) in [6, 6.07) is 5.52. The monoisotopic (exact) mass is 215 g/mol. The fourth-order valence-corrected chi connectivity index (χ4v) is 1.18. The lowest BCUT2D eigenvalue weighted by molar-refractivity contribution is 0.168. The van der Waals surface area contributed by atoms with Gasteiger partial charge in [-0.05, 0) is 34.5 Å². The van der Waals surface area contributed by atoms with Crippen molar-refractivity contribution < 1.29 is 5.11 Å². The van der Waals surface area contributed by atoms with Gasteiger partial charge in [-0.3, -0.25) is 0 Å². The first kappa shape index (κ1) is 8.68. The van der Waals surface area contributed by atoms with E-state index in [4.69, 9.17) is 0 Å². The molecule has 0 aromatic carbocycles. The highest BCUT2D eigenvalue weighted by atomic mass is 79.9. The van der Waals surface area contributed by atoms with Gasteiger partial charge in [-0.25, -0.2) is 4.98 Å². The van der Waals surface area contributed by atoms with Crippen LogP contribution in [0.3, 0.4) is 0 Å². The molecular formula is C8H10BrNO. The van der Waals surface area contributed by atoms with Crippen molar-refractivity contribution in [3.63, 3.8) is 0 Å². The molecular weight excluding hydrogens is 206 g/mol. The molecule has 1 aromatic rings. The van der Waals surface area contributed by atoms with Crippen LogP contribution in [0.25, 0.3) is 0 Å². The summed E-state index contributed by atoms with van der Waals surface area (Å²) in [5.74, 6) is 0. The minimum absolute atomic E-state index is 0.438. The number of aliphatic hydroxyl groups excluding tert-OH is 1. The SMILES string of the molecule is CCC(O)c1cccc(Br)n1. The first-order chi connectivity index (χ1) is 5.24. The second-order valence-electron chi connectivity index (χ2n) is 2.31. The number of aliphatic hydroxyl groups is 1. The van der Waals surface area contributed by atoms with Gasteiger partial charge in [0.05, 0.1) is 11.8 Å². The van der Waals surface area contributed by atoms with E-state index in [0.29, 0.717) is 6.42 Å². The minimum atomic E-state index is -0.438. The van der Waals surface area contributed by atoms with Crippen LogP contribution in [0.4, 0.5) is 0 Å². The predicted molar refractivity (Wildman–Crippen MR) is 47.2 cm³/mol. The molecule has 11 heavy (non-hydrogen) atoms. The quantitative estimate of drug-likeness (QED) is 0.769. The van der Waals surface area contributed by atoms with Gasteiger partial charge in [0.2, 0.25) is 0 Å². The molecule has 0 radical (unpaired) electrons. The largest absolute Gasteiger partial charge is 0.387 e. The van der Waals surface area contributed by atoms with Crippen molar-refractivity contribution in [1.29, 1.82) is 0 Å². The van der Waals surface area contributed by atoms with Crippen LogP contribution in [-0.2, 0) is 0 Å². The summed E-state index contributed by atoms with van der Waals surface area (Å²) in [5.41, 5.74) is 0.724. The van der Waals surface area contributed by atoms with E-state index in [9.17, 15) is 5.11 Å². The topological polar surface area (TPSA) is 33.1 Å². The third-order valence-corrected chi connectivity index (χ3v) is 1.91. The van der Waals surface area contributed by atoms with Gasteiger partial charge in [0.15, 0.2) is 0 Å². The lowest BCUT2D eigenvalue weighted by Crippen LogP contribution is -1.97. The fourth-order valence-electron chi connectivity index (χ4n) is 0.819. The molecule has 0 amide bonds. The normalized spacial score (nSPS) is 13.0. The molecule has 1 aromatic heterocycles. The molecule has 1 rings (SSSR count). The Morgan fingerprint density at radius 3 is 2.91 bits per heavy atom. The predicted octanol–water partition coefficient (Wildman–Crippen LogP) is 2.29. The van der Waals surface area contributed by atoms with E-state index in [0.717, 1.165) is 10.3 Å². The summed E-state index contributed by atoms with van der Waals surface area (Å²) in [5, 5.41) is 9.37. The van der Waals surface area contributed by atoms with Crippen molar-refractivity contribution in [2.45, 2.75) is 19.4 Å². The summed E-state index contributed by atoms with van der Waals surface area (Å²) >= 11 is 3.24. The molecule has 0 aliphatic rings. The average Bonchev–Trinajstić information content (AvgIpc) is 2.03. The summed E-state index contributed by atoms with van der Waals surface area (Å²) in [6.07, 6.45) is 0.260. The Bertz CT molecular complexity index is 239. The van der Waals surface area contributed by atoms with E-state index in [2.05, 4.69) is 20.9 Å². The molecule has 0 spiro atoms. The first-order valence-corrected chi connectivity index (χ1v) is 4.34. The van der Waals surface area contributed by atoms with Gasteiger partial charge in [-0.1, -0.05) is 13.0 Å². The van der Waals surface area contributed by atoms with Gasteiger partial charge in [0.1, 0.15) is 4.60 Å². The third-order valence-electron chi connectivity index (χ3n) is 1.46. The maximum Gasteiger partial charge on any atom is 0.106 e. The van der Waals surface area contributed by atoms with E-state index >= 15 is 0 Å². The zero-order valence-electron chi connectivity index (χ0n) is 6.29. The maximum absolute atomic E-state index is 9.37. The van der Waals surface area contributed by atoms with Crippen LogP contribution < -0.4 is 0 Å². The standard InChI is InChI=1S/C8H10BrNO/c1-2-7(11)6-4-3-5-8(9)10-6/h3-5,7,11H,2H2,1H3. The van der Waals surface area contributed by atoms with Gasteiger partial charge in [0.25, 0.3) is 0 Å². The van der Waals surface area contributed by atoms with Crippen molar-refractivity contribution in [2.75, 3.05) is 0 Å². The Kier molecular flexibility index (Phi) is 3.02. The molecule has 1 N–H and O–H groups in total. The number of hydrogen-bond donors (Lipinski definition) is 1. The van der Waals surface area contributed by atoms with Crippen molar-refractivity contribution in [3.8, 4) is 0 Å². The molecule has 1 heterocycles. The van der Waals surface area contributed by atoms with E-state index in [1.807, 2.05) is 25.1 Å². The van der Waals surface area contributed by atoms with Crippen molar-refractivity contribution >= 4 is 15.9 Å². The first-order valence-electron chi connectivity index (χ1n) is 3.54. The molecule has 0 saturated carbocycles. The number of nitrogens with zero attached hydrogens (tertiary/aromatic N) is 1. The smallest absolute Gasteiger partial charge is 0.106 e. The molecule has 3 heteroatoms. The van der Waals surface area contributed by atoms with Gasteiger partial charge < -0.3 is 5.11 Å². The molecule has 0 aliphatic carbocycles. The Hall–Kier alpha value is -0.410. The Morgan fingerprint density at radius 1 is 1.64 bits per heavy atom. The van der Waals surface area contributed by atoms with Gasteiger partial charge in [-0.2, -0.15) is 0 Å². The summed E-state index contributed by atoms with van der Waals surface area (Å²) in [4.78, 5) is 4.11. The minimum Gasteiger partial charge on any atom is -0.387 e. The maximum atomic E-state index is 9.37. The molecule has 1 unspecified atom stereocenters. The van der Waals surface area contributed by atoms with E-state index in [1.165, 1.54) is 0 Å². The van der Waals surface area contributed by atoms with Crippen LogP contribution in [0.2, 0.25) is 0 Å². The lowest BCUT2D eigenvalue weighted by Gasteiger charge is -2.05. The van der Waals surface area contributed by atoms with E-state index < -0.39 is 6.10 Å². The number of pyridine rings is 1. The van der Waals surface area contributed by atoms with Gasteiger partial charge in [0, 0.05) is 0 Å². The molecule has 60 valence electrons. The molecule has 0 aliphatic heterocycles. The van der Waals surface area contributed by atoms with Crippen LogP contribution in [0.15, 0.2) is 22.8 Å². The number of hydrogen-bond acceptors (Lipinski definition) is 2. The number of aromatic nitrogens is 1. The molecule has 2 nitrogen and oxygen atoms in total. The van der Waals surface area contributed by atoms with Crippen LogP contribution in [0.1, 0.15) is 25.1 Å². The highest BCUT2D eigenvalue weighted by molar-refractivity contribution is 9.10. The molecule has 0 saturated heterocycles. The zero-order chi connectivity index (χ0) is 8.27. The molecule has 1 atom stereocenters. The molecule has 0 fully saturated rings. The van der Waals surface area contributed by atoms with E-state index in [-0.39, 0.29) is 0 Å². The second-order valence-corrected chi connectivity index (χ2v) is 3.12. The summed E-state index contributed by atoms with van der Waals surface area (Å²) in [7, 11) is 0. The Labute approximate surface area is 74.4 Å². The van der Waals surface area contributed by atoms with Gasteiger partial charge >= 0.3 is 0 Å². The Balaban J connectivity index is 2.86. The van der Waals surface area contributed by atoms with Crippen molar-refractivity contribution in [3.05, 3.63) is 28.5 Å². The van der Waals surface area contributed by atoms with Crippen LogP contribution in [0.5, 0.6) is 0 Å². The van der Waals surface area contributed by atoms with Gasteiger partial charge in [-0.15, -0.1) is 0 Å². The van der Waals surface area contributed by atoms with Crippen molar-refractivity contribution in [1.82, 2.24) is 4.98 Å². The third kappa shape index (κ3) is 2.27. The highest BCUT2D eigenvalue weighted by Gasteiger charge is 2.04. The highest BCUT2D eigenvalue weighted by Crippen LogP contribution is 2.15. The molecule has 0 bridgehead atoms. The zero-order valence-corrected chi connectivity index (χ0v) is 7.87. The number of halogens is 1. The summed E-state index contributed by atoms with van der Waals surface area (Å²) in [6.45, 7) is 1.92. The lowest BCUT2D eigenvalue weighted by atomic mass is 10.2. The van der Waals surface area contributed by atoms with Crippen LogP contribution in [0, 0.1) is 0 Å². The Morgan fingerprint density at radius 2 is 2.36 bits per heavy atom. The fraction of sp³-hybridized carbons (Fsp3) is 0.375. The van der Waals surface area contributed by atoms with Crippen LogP contribution in [-0.4, -0.2) is 10.1 Å². The summed E-state index contributed by atoms with van der Waals surface area (Å²) < 4.78 is 0.766. The van der Waals surface area contributed by atoms with Crippen molar-refractivity contribution in [2.24, 2.45) is 0 Å². The van der Waals surface area contributed by atoms with E-state index in [1.54, 1.807) is 0 Å². The second kappa shape index (κ2) is 3.83. The number of rotatable bonds is 2. The average molecular weight is 216 g/mol. The van der Waals surface area contributed by atoms with Crippen LogP contribution >= 0.6 is 15.9 Å².